The summed E-state index contributed by atoms with van der Waals surface area (Å²) in [6.07, 6.45) is 5.30. The van der Waals surface area contributed by atoms with Gasteiger partial charge in [0.15, 0.2) is 5.82 Å². The zero-order valence-electron chi connectivity index (χ0n) is 25.6. The third-order valence-corrected chi connectivity index (χ3v) is 8.82. The topological polar surface area (TPSA) is 127 Å². The normalized spacial score (nSPS) is 15.3. The number of pyridine rings is 1. The van der Waals surface area contributed by atoms with Crippen molar-refractivity contribution in [2.24, 2.45) is 0 Å². The lowest BCUT2D eigenvalue weighted by Gasteiger charge is -2.36. The van der Waals surface area contributed by atoms with E-state index >= 15 is 0 Å². The van der Waals surface area contributed by atoms with Crippen LogP contribution < -0.4 is 15.8 Å². The second-order valence-corrected chi connectivity index (χ2v) is 11.9. The van der Waals surface area contributed by atoms with Gasteiger partial charge in [-0.05, 0) is 54.7 Å². The van der Waals surface area contributed by atoms with Gasteiger partial charge in [0.05, 0.1) is 29.6 Å². The number of benzene rings is 1. The Labute approximate surface area is 275 Å². The highest BCUT2D eigenvalue weighted by atomic mass is 35.5. The fourth-order valence-electron chi connectivity index (χ4n) is 5.92. The minimum Gasteiger partial charge on any atom is -0.377 e. The molecule has 2 aliphatic rings. The number of rotatable bonds is 8. The predicted molar refractivity (Wildman–Crippen MR) is 177 cm³/mol. The average Bonchev–Trinajstić information content (AvgIpc) is 3.53. The lowest BCUT2D eigenvalue weighted by atomic mass is 10.1. The van der Waals surface area contributed by atoms with Gasteiger partial charge in [-0.15, -0.1) is 5.10 Å². The van der Waals surface area contributed by atoms with Crippen LogP contribution in [-0.4, -0.2) is 80.3 Å². The van der Waals surface area contributed by atoms with E-state index in [4.69, 9.17) is 32.9 Å². The summed E-state index contributed by atoms with van der Waals surface area (Å²) in [6, 6.07) is 8.59. The number of anilines is 2. The van der Waals surface area contributed by atoms with Gasteiger partial charge in [-0.3, -0.25) is 19.4 Å². The Bertz CT molecular complexity index is 1890. The van der Waals surface area contributed by atoms with Crippen molar-refractivity contribution >= 4 is 57.7 Å². The molecule has 1 N–H and O–H groups in total. The number of hydrogen-bond donors (Lipinski definition) is 1. The molecule has 12 nitrogen and oxygen atoms in total. The Hall–Kier alpha value is -4.26. The van der Waals surface area contributed by atoms with E-state index in [0.717, 1.165) is 11.1 Å². The third-order valence-electron chi connectivity index (χ3n) is 8.28. The molecule has 0 unspecified atom stereocenters. The summed E-state index contributed by atoms with van der Waals surface area (Å²) in [7, 11) is 0. The van der Waals surface area contributed by atoms with E-state index in [2.05, 4.69) is 15.4 Å². The maximum absolute atomic E-state index is 14.2. The molecule has 0 spiro atoms. The van der Waals surface area contributed by atoms with E-state index in [-0.39, 0.29) is 29.7 Å². The van der Waals surface area contributed by atoms with Crippen molar-refractivity contribution in [1.29, 1.82) is 0 Å². The zero-order valence-corrected chi connectivity index (χ0v) is 27.1. The maximum atomic E-state index is 14.2. The van der Waals surface area contributed by atoms with Crippen LogP contribution in [0.3, 0.4) is 0 Å². The van der Waals surface area contributed by atoms with Crippen molar-refractivity contribution < 1.29 is 14.3 Å². The summed E-state index contributed by atoms with van der Waals surface area (Å²) >= 11 is 12.4. The Morgan fingerprint density at radius 1 is 1.07 bits per heavy atom. The van der Waals surface area contributed by atoms with E-state index in [0.29, 0.717) is 97.3 Å². The van der Waals surface area contributed by atoms with Gasteiger partial charge in [-0.1, -0.05) is 49.2 Å². The van der Waals surface area contributed by atoms with E-state index in [1.165, 1.54) is 4.52 Å². The quantitative estimate of drug-likeness (QED) is 0.298. The van der Waals surface area contributed by atoms with Crippen molar-refractivity contribution in [1.82, 2.24) is 29.0 Å². The monoisotopic (exact) mass is 664 g/mol. The summed E-state index contributed by atoms with van der Waals surface area (Å²) in [5.74, 6) is 0.208. The highest BCUT2D eigenvalue weighted by Crippen LogP contribution is 2.27. The van der Waals surface area contributed by atoms with E-state index < -0.39 is 0 Å². The lowest BCUT2D eigenvalue weighted by Crippen LogP contribution is -2.51. The smallest absolute Gasteiger partial charge is 0.299 e. The molecule has 46 heavy (non-hydrogen) atoms. The fourth-order valence-corrected chi connectivity index (χ4v) is 6.37. The van der Waals surface area contributed by atoms with Gasteiger partial charge < -0.3 is 24.4 Å². The molecule has 2 amide bonds. The van der Waals surface area contributed by atoms with Gasteiger partial charge >= 0.3 is 0 Å². The Balaban J connectivity index is 1.36. The number of fused-ring (bicyclic) bond motifs is 1. The van der Waals surface area contributed by atoms with Crippen LogP contribution in [0, 0.1) is 0 Å². The fraction of sp³-hybridized carbons (Fsp3) is 0.375. The predicted octanol–water partition coefficient (Wildman–Crippen LogP) is 4.12. The number of hydrogen-bond acceptors (Lipinski definition) is 8. The number of nitrogens with one attached hydrogen (secondary N) is 1. The van der Waals surface area contributed by atoms with Crippen LogP contribution in [0.5, 0.6) is 0 Å². The number of nitrogens with zero attached hydrogens (tertiary/aromatic N) is 7. The van der Waals surface area contributed by atoms with Crippen LogP contribution in [0.25, 0.3) is 11.4 Å². The number of amides is 2. The Morgan fingerprint density at radius 2 is 1.87 bits per heavy atom. The number of halogens is 2. The molecule has 240 valence electrons. The first kappa shape index (κ1) is 31.7. The van der Waals surface area contributed by atoms with E-state index in [1.807, 2.05) is 37.0 Å². The van der Waals surface area contributed by atoms with Gasteiger partial charge in [0.1, 0.15) is 17.9 Å². The van der Waals surface area contributed by atoms with Gasteiger partial charge in [0.2, 0.25) is 11.7 Å². The van der Waals surface area contributed by atoms with Gasteiger partial charge in [-0.2, -0.15) is 9.50 Å². The molecule has 0 bridgehead atoms. The zero-order chi connectivity index (χ0) is 32.4. The summed E-state index contributed by atoms with van der Waals surface area (Å²) in [5.41, 5.74) is 3.41. The molecule has 14 heteroatoms. The van der Waals surface area contributed by atoms with Crippen molar-refractivity contribution in [3.05, 3.63) is 85.8 Å². The van der Waals surface area contributed by atoms with Crippen LogP contribution >= 0.6 is 23.2 Å². The molecule has 1 fully saturated rings. The van der Waals surface area contributed by atoms with Crippen LogP contribution in [0.1, 0.15) is 47.8 Å². The van der Waals surface area contributed by atoms with Crippen LogP contribution in [-0.2, 0) is 28.9 Å². The molecular weight excluding hydrogens is 631 g/mol. The van der Waals surface area contributed by atoms with Gasteiger partial charge in [-0.25, -0.2) is 0 Å². The third kappa shape index (κ3) is 6.24. The van der Waals surface area contributed by atoms with Crippen molar-refractivity contribution in [2.45, 2.75) is 39.7 Å². The second kappa shape index (κ2) is 13.6. The van der Waals surface area contributed by atoms with Gasteiger partial charge in [0, 0.05) is 37.4 Å². The van der Waals surface area contributed by atoms with Crippen molar-refractivity contribution in [3.63, 3.8) is 0 Å². The summed E-state index contributed by atoms with van der Waals surface area (Å²) in [6.45, 7) is 6.41. The number of piperazine rings is 1. The molecule has 1 aromatic carbocycles. The summed E-state index contributed by atoms with van der Waals surface area (Å²) in [5, 5.41) is 8.24. The van der Waals surface area contributed by atoms with E-state index in [9.17, 15) is 14.4 Å². The first-order chi connectivity index (χ1) is 22.3. The standard InChI is InChI=1S/C32H34Cl2N8O4/c1-3-20-6-5-11-35-27(20)30(44)40-14-12-39(13-15-40)28-25(4-2)41(19-26(43)36-24-8-7-22(33)18-23(24)34)32-37-29(38-42(32)31(28)45)21-9-16-46-17-10-21/h5-9,11,18H,3-4,10,12-17,19H2,1-2H3,(H,36,43). The lowest BCUT2D eigenvalue weighted by molar-refractivity contribution is -0.116. The highest BCUT2D eigenvalue weighted by Gasteiger charge is 2.30. The Morgan fingerprint density at radius 3 is 2.57 bits per heavy atom. The van der Waals surface area contributed by atoms with Crippen molar-refractivity contribution in [2.75, 3.05) is 49.6 Å². The minimum absolute atomic E-state index is 0.121. The van der Waals surface area contributed by atoms with Crippen LogP contribution in [0.4, 0.5) is 11.4 Å². The largest absolute Gasteiger partial charge is 0.377 e. The number of carbonyl (C=O) groups is 2. The molecule has 2 aliphatic heterocycles. The molecule has 6 rings (SSSR count). The summed E-state index contributed by atoms with van der Waals surface area (Å²) < 4.78 is 8.47. The van der Waals surface area contributed by atoms with Crippen LogP contribution in [0.2, 0.25) is 10.0 Å². The van der Waals surface area contributed by atoms with E-state index in [1.54, 1.807) is 33.9 Å². The van der Waals surface area contributed by atoms with Crippen LogP contribution in [0.15, 0.2) is 47.4 Å². The van der Waals surface area contributed by atoms with Gasteiger partial charge in [0.25, 0.3) is 11.5 Å². The molecule has 1 saturated heterocycles. The summed E-state index contributed by atoms with van der Waals surface area (Å²) in [4.78, 5) is 53.9. The number of carbonyl (C=O) groups excluding carboxylic acids is 2. The maximum Gasteiger partial charge on any atom is 0.299 e. The minimum atomic E-state index is -0.359. The molecule has 3 aromatic heterocycles. The molecule has 0 saturated carbocycles. The number of aromatic nitrogens is 5. The Kier molecular flexibility index (Phi) is 9.39. The molecule has 0 radical (unpaired) electrons. The molecule has 5 heterocycles. The first-order valence-corrected chi connectivity index (χ1v) is 16.1. The molecule has 0 atom stereocenters. The number of aryl methyl sites for hydroxylation is 1. The second-order valence-electron chi connectivity index (χ2n) is 11.1. The van der Waals surface area contributed by atoms with Crippen molar-refractivity contribution in [3.8, 4) is 0 Å². The average molecular weight is 666 g/mol. The highest BCUT2D eigenvalue weighted by molar-refractivity contribution is 6.36. The SMILES string of the molecule is CCc1cccnc1C(=O)N1CCN(c2c(CC)n(CC(=O)Nc3ccc(Cl)cc3Cl)c3nc(C4=CCOCC4)nn3c2=O)CC1. The first-order valence-electron chi connectivity index (χ1n) is 15.3. The molecular formula is C32H34Cl2N8O4. The number of ether oxygens (including phenoxy) is 1. The molecule has 4 aromatic rings. The molecule has 0 aliphatic carbocycles.